The van der Waals surface area contributed by atoms with Gasteiger partial charge in [0.15, 0.2) is 0 Å². The molecule has 0 aromatic carbocycles. The molecule has 0 saturated carbocycles. The van der Waals surface area contributed by atoms with Gasteiger partial charge in [-0.15, -0.1) is 39.5 Å². The molecule has 0 aliphatic heterocycles. The average Bonchev–Trinajstić information content (AvgIpc) is 2.95. The molecule has 0 fully saturated rings. The van der Waals surface area contributed by atoms with Crippen LogP contribution in [0.4, 0.5) is 0 Å². The first-order valence-corrected chi connectivity index (χ1v) is 20.7. The summed E-state index contributed by atoms with van der Waals surface area (Å²) in [6.07, 6.45) is 12.5. The molecule has 9 heteroatoms. The first-order chi connectivity index (χ1) is 19.8. The topological polar surface area (TPSA) is 0 Å². The van der Waals surface area contributed by atoms with Crippen LogP contribution in [-0.2, 0) is 0 Å². The van der Waals surface area contributed by atoms with E-state index in [1.54, 1.807) is 12.2 Å². The molecule has 0 aliphatic rings. The van der Waals surface area contributed by atoms with Crippen molar-refractivity contribution >= 4 is 106 Å². The Hall–Kier alpha value is 1.59. The van der Waals surface area contributed by atoms with Gasteiger partial charge in [-0.2, -0.15) is 63.1 Å². The van der Waals surface area contributed by atoms with Crippen molar-refractivity contribution < 1.29 is 4.40 Å². The summed E-state index contributed by atoms with van der Waals surface area (Å²) in [5, 5.41) is 4.34. The minimum atomic E-state index is 0. The maximum Gasteiger partial charge on any atom is 0.0300 e. The molecule has 0 nitrogen and oxygen atoms in total. The van der Waals surface area contributed by atoms with Gasteiger partial charge in [0.25, 0.3) is 0 Å². The minimum Gasteiger partial charge on any atom is -0.177 e. The molecule has 0 aliphatic carbocycles. The van der Waals surface area contributed by atoms with Crippen molar-refractivity contribution in [1.29, 1.82) is 0 Å². The van der Waals surface area contributed by atoms with Crippen molar-refractivity contribution in [2.75, 3.05) is 0 Å². The molecule has 8 atom stereocenters. The van der Waals surface area contributed by atoms with E-state index in [1.165, 1.54) is 0 Å². The molecule has 8 unspecified atom stereocenters. The monoisotopic (exact) mass is 745 g/mol. The summed E-state index contributed by atoms with van der Waals surface area (Å²) >= 11 is 20.3. The van der Waals surface area contributed by atoms with E-state index in [4.69, 9.17) is 2.97 Å². The molecule has 0 amide bonds. The molecule has 0 bridgehead atoms. The van der Waals surface area contributed by atoms with Crippen LogP contribution in [0.1, 0.15) is 80.1 Å². The zero-order valence-electron chi connectivity index (χ0n) is 29.5. The highest BCUT2D eigenvalue weighted by atomic mass is 33.1. The molecule has 0 heterocycles. The highest BCUT2D eigenvalue weighted by Crippen LogP contribution is 2.32. The highest BCUT2D eigenvalue weighted by Gasteiger charge is 2.01. The lowest BCUT2D eigenvalue weighted by Crippen LogP contribution is -1.99. The number of rotatable bonds is 14. The molecule has 0 rings (SSSR count). The molecule has 0 aromatic rings. The maximum absolute atomic E-state index is 5.00. The molecule has 0 saturated heterocycles. The van der Waals surface area contributed by atoms with Gasteiger partial charge in [0, 0.05) is 35.9 Å². The molecule has 0 N–H and O–H groups in total. The van der Waals surface area contributed by atoms with E-state index in [0.29, 0.717) is 47.2 Å². The molecule has 0 radical (unpaired) electrons. The minimum absolute atomic E-state index is 0. The largest absolute Gasteiger partial charge is 0.177 e. The third-order valence-corrected chi connectivity index (χ3v) is 10.8. The summed E-state index contributed by atoms with van der Waals surface area (Å²) in [7, 11) is 7.35. The van der Waals surface area contributed by atoms with Crippen molar-refractivity contribution in [2.45, 2.75) is 123 Å². The second kappa shape index (κ2) is 43.7. The highest BCUT2D eigenvalue weighted by molar-refractivity contribution is 8.77. The van der Waals surface area contributed by atoms with E-state index >= 15 is 0 Å². The molecule has 41 heavy (non-hydrogen) atoms. The van der Waals surface area contributed by atoms with Crippen LogP contribution in [0.2, 0.25) is 0 Å². The predicted octanol–water partition coefficient (Wildman–Crippen LogP) is 13.8. The van der Waals surface area contributed by atoms with Crippen molar-refractivity contribution in [3.8, 4) is 0 Å². The first-order valence-electron chi connectivity index (χ1n) is 14.6. The third-order valence-electron chi connectivity index (χ3n) is 3.41. The van der Waals surface area contributed by atoms with E-state index < -0.39 is 0 Å². The Morgan fingerprint density at radius 3 is 0.683 bits per heavy atom. The molecular weight excluding hydrogens is 673 g/mol. The van der Waals surface area contributed by atoms with Gasteiger partial charge in [-0.1, -0.05) is 121 Å². The van der Waals surface area contributed by atoms with Crippen LogP contribution >= 0.6 is 106 Å². The summed E-state index contributed by atoms with van der Waals surface area (Å²) in [5.74, 6) is 0. The van der Waals surface area contributed by atoms with Gasteiger partial charge in [-0.25, -0.2) is 0 Å². The standard InChI is InChI=1S/2C8H14S2.C5H12S2.2C4H8S.C3H8S.2H2/c2*1-5-7(3)9-10-8(4)6-2;1-4(6)3-5(2)7;2*1-3-4(2)5;1-3(2)4;;/h2*5-8H,1-2H2,3-4H3;4-7H,3H2,1-2H3;2*3-5H,1H2,2H3;3-4H,1-2H3;2*1H/i;;;;;;1+2D;1+2. The fourth-order valence-electron chi connectivity index (χ4n) is 1.00. The lowest BCUT2D eigenvalue weighted by Gasteiger charge is -2.06. The fourth-order valence-corrected chi connectivity index (χ4v) is 5.86. The quantitative estimate of drug-likeness (QED) is 0.0682. The summed E-state index contributed by atoms with van der Waals surface area (Å²) in [6, 6.07) is 0. The van der Waals surface area contributed by atoms with Crippen LogP contribution in [-0.4, -0.2) is 47.2 Å². The van der Waals surface area contributed by atoms with Crippen molar-refractivity contribution in [3.05, 3.63) is 75.9 Å². The van der Waals surface area contributed by atoms with Crippen LogP contribution in [0.5, 0.6) is 0 Å². The van der Waals surface area contributed by atoms with E-state index in [2.05, 4.69) is 144 Å². The number of hydrogen-bond donors (Lipinski definition) is 5. The number of thiol groups is 5. The van der Waals surface area contributed by atoms with E-state index in [0.717, 1.165) is 6.42 Å². The van der Waals surface area contributed by atoms with E-state index in [1.807, 2.05) is 95.2 Å². The lowest BCUT2D eigenvalue weighted by atomic mass is 10.3. The Kier molecular flexibility index (Phi) is 55.6. The second-order valence-corrected chi connectivity index (χ2v) is 19.6. The van der Waals surface area contributed by atoms with Crippen LogP contribution in [0.15, 0.2) is 75.9 Å². The smallest absolute Gasteiger partial charge is 0.0300 e. The molecule has 0 spiro atoms. The summed E-state index contributed by atoms with van der Waals surface area (Å²) in [5.41, 5.74) is 0. The Morgan fingerprint density at radius 1 is 0.488 bits per heavy atom. The number of hydrogen-bond acceptors (Lipinski definition) is 9. The molecule has 0 aromatic heterocycles. The fraction of sp³-hybridized carbons (Fsp3) is 0.625. The maximum atomic E-state index is 5.00. The third kappa shape index (κ3) is 85.6. The lowest BCUT2D eigenvalue weighted by molar-refractivity contribution is 0.812. The van der Waals surface area contributed by atoms with Gasteiger partial charge >= 0.3 is 0 Å². The van der Waals surface area contributed by atoms with Gasteiger partial charge in [0.2, 0.25) is 0 Å². The summed E-state index contributed by atoms with van der Waals surface area (Å²) in [4.78, 5) is 0. The Bertz CT molecular complexity index is 513. The van der Waals surface area contributed by atoms with Crippen molar-refractivity contribution in [2.24, 2.45) is 0 Å². The zero-order chi connectivity index (χ0) is 36.0. The zero-order valence-corrected chi connectivity index (χ0v) is 35.2. The van der Waals surface area contributed by atoms with E-state index in [9.17, 15) is 0 Å². The van der Waals surface area contributed by atoms with Gasteiger partial charge in [0.1, 0.15) is 0 Å². The van der Waals surface area contributed by atoms with Crippen LogP contribution in [0, 0.1) is 0 Å². The molecule has 250 valence electrons. The first kappa shape index (κ1) is 52.1. The van der Waals surface area contributed by atoms with Gasteiger partial charge in [0.05, 0.1) is 0 Å². The van der Waals surface area contributed by atoms with Crippen molar-refractivity contribution in [3.63, 3.8) is 0 Å². The van der Waals surface area contributed by atoms with E-state index in [-0.39, 0.29) is 1.43 Å². The predicted molar refractivity (Wildman–Crippen MR) is 236 cm³/mol. The van der Waals surface area contributed by atoms with Crippen LogP contribution < -0.4 is 0 Å². The molecular formula is C32H68S9. The van der Waals surface area contributed by atoms with Gasteiger partial charge in [-0.05, 0) is 49.9 Å². The van der Waals surface area contributed by atoms with Crippen LogP contribution in [0.3, 0.4) is 0 Å². The van der Waals surface area contributed by atoms with Crippen LogP contribution in [0.25, 0.3) is 0 Å². The Balaban J connectivity index is -0.0000000597. The Morgan fingerprint density at radius 2 is 0.634 bits per heavy atom. The van der Waals surface area contributed by atoms with Gasteiger partial charge < -0.3 is 0 Å². The van der Waals surface area contributed by atoms with Crippen molar-refractivity contribution in [1.82, 2.24) is 0 Å². The second-order valence-electron chi connectivity index (χ2n) is 9.13. The summed E-state index contributed by atoms with van der Waals surface area (Å²) < 4.78 is 10.0. The Labute approximate surface area is 307 Å². The summed E-state index contributed by atoms with van der Waals surface area (Å²) in [6.45, 7) is 42.5. The SMILES string of the molecule is C=CC(C)S.C=CC(C)S.C=CC(C)SSC(C)C=C.C=CC(C)SSC(C)C=C.CC(C)S.CC(S)CC(C)S.[2H][3H].[3HH]. The van der Waals surface area contributed by atoms with Gasteiger partial charge in [-0.3, -0.25) is 0 Å². The normalized spacial score (nSPS) is 15.4. The average molecular weight is 747 g/mol.